The van der Waals surface area contributed by atoms with Crippen LogP contribution in [0.4, 0.5) is 0 Å². The molecular formula is C17H19ClN2. The quantitative estimate of drug-likeness (QED) is 0.898. The summed E-state index contributed by atoms with van der Waals surface area (Å²) in [6.07, 6.45) is 1.14. The molecule has 2 N–H and O–H groups in total. The molecule has 2 aromatic rings. The van der Waals surface area contributed by atoms with Crippen LogP contribution in [0.3, 0.4) is 0 Å². The Balaban J connectivity index is 1.67. The summed E-state index contributed by atoms with van der Waals surface area (Å²) in [5.41, 5.74) is 2.59. The zero-order chi connectivity index (χ0) is 13.8. The first-order chi connectivity index (χ1) is 9.83. The molecule has 0 aliphatic carbocycles. The Kier molecular flexibility index (Phi) is 4.36. The van der Waals surface area contributed by atoms with Crippen LogP contribution in [0.5, 0.6) is 0 Å². The van der Waals surface area contributed by atoms with Crippen LogP contribution in [0.2, 0.25) is 5.02 Å². The largest absolute Gasteiger partial charge is 0.309 e. The molecular weight excluding hydrogens is 268 g/mol. The molecule has 2 aromatic carbocycles. The lowest BCUT2D eigenvalue weighted by Gasteiger charge is -2.21. The SMILES string of the molecule is Clc1cccc([C@@H]2NCC[C@@H]2NCc2ccccc2)c1. The fraction of sp³-hybridized carbons (Fsp3) is 0.294. The van der Waals surface area contributed by atoms with Crippen molar-refractivity contribution in [2.45, 2.75) is 25.0 Å². The lowest BCUT2D eigenvalue weighted by molar-refractivity contribution is 0.461. The van der Waals surface area contributed by atoms with Crippen LogP contribution < -0.4 is 10.6 Å². The maximum absolute atomic E-state index is 6.10. The third-order valence-electron chi connectivity index (χ3n) is 3.84. The minimum atomic E-state index is 0.345. The third-order valence-corrected chi connectivity index (χ3v) is 4.08. The lowest BCUT2D eigenvalue weighted by Crippen LogP contribution is -2.33. The molecule has 2 atom stereocenters. The first-order valence-electron chi connectivity index (χ1n) is 7.09. The van der Waals surface area contributed by atoms with Gasteiger partial charge in [-0.05, 0) is 36.2 Å². The number of hydrogen-bond donors (Lipinski definition) is 2. The predicted molar refractivity (Wildman–Crippen MR) is 83.9 cm³/mol. The highest BCUT2D eigenvalue weighted by Crippen LogP contribution is 2.26. The van der Waals surface area contributed by atoms with Crippen molar-refractivity contribution in [3.63, 3.8) is 0 Å². The molecule has 1 saturated heterocycles. The molecule has 0 aromatic heterocycles. The van der Waals surface area contributed by atoms with Gasteiger partial charge in [0.15, 0.2) is 0 Å². The first-order valence-corrected chi connectivity index (χ1v) is 7.47. The summed E-state index contributed by atoms with van der Waals surface area (Å²) >= 11 is 6.10. The van der Waals surface area contributed by atoms with E-state index in [4.69, 9.17) is 11.6 Å². The van der Waals surface area contributed by atoms with Crippen molar-refractivity contribution in [1.29, 1.82) is 0 Å². The highest BCUT2D eigenvalue weighted by atomic mass is 35.5. The summed E-state index contributed by atoms with van der Waals surface area (Å²) in [7, 11) is 0. The fourth-order valence-electron chi connectivity index (χ4n) is 2.82. The minimum absolute atomic E-state index is 0.345. The van der Waals surface area contributed by atoms with Gasteiger partial charge in [-0.2, -0.15) is 0 Å². The van der Waals surface area contributed by atoms with E-state index in [-0.39, 0.29) is 0 Å². The van der Waals surface area contributed by atoms with Gasteiger partial charge >= 0.3 is 0 Å². The smallest absolute Gasteiger partial charge is 0.0477 e. The molecule has 2 nitrogen and oxygen atoms in total. The molecule has 1 heterocycles. The van der Waals surface area contributed by atoms with Crippen molar-refractivity contribution >= 4 is 11.6 Å². The van der Waals surface area contributed by atoms with E-state index < -0.39 is 0 Å². The number of nitrogens with one attached hydrogen (secondary N) is 2. The van der Waals surface area contributed by atoms with Gasteiger partial charge < -0.3 is 10.6 Å². The Labute approximate surface area is 125 Å². The zero-order valence-corrected chi connectivity index (χ0v) is 12.1. The Morgan fingerprint density at radius 3 is 2.75 bits per heavy atom. The van der Waals surface area contributed by atoms with Gasteiger partial charge in [0.05, 0.1) is 0 Å². The maximum atomic E-state index is 6.10. The number of halogens is 1. The second-order valence-electron chi connectivity index (χ2n) is 5.25. The van der Waals surface area contributed by atoms with E-state index in [1.165, 1.54) is 11.1 Å². The molecule has 1 aliphatic heterocycles. The fourth-order valence-corrected chi connectivity index (χ4v) is 3.02. The summed E-state index contributed by atoms with van der Waals surface area (Å²) in [5, 5.41) is 8.03. The van der Waals surface area contributed by atoms with E-state index in [0.717, 1.165) is 24.5 Å². The summed E-state index contributed by atoms with van der Waals surface area (Å²) in [4.78, 5) is 0. The normalized spacial score (nSPS) is 22.1. The van der Waals surface area contributed by atoms with Gasteiger partial charge in [0.25, 0.3) is 0 Å². The topological polar surface area (TPSA) is 24.1 Å². The number of hydrogen-bond acceptors (Lipinski definition) is 2. The van der Waals surface area contributed by atoms with E-state index in [9.17, 15) is 0 Å². The van der Waals surface area contributed by atoms with Crippen LogP contribution in [0.25, 0.3) is 0 Å². The molecule has 3 rings (SSSR count). The maximum Gasteiger partial charge on any atom is 0.0477 e. The summed E-state index contributed by atoms with van der Waals surface area (Å²) in [6, 6.07) is 19.5. The van der Waals surface area contributed by atoms with E-state index in [1.807, 2.05) is 12.1 Å². The van der Waals surface area contributed by atoms with Crippen molar-refractivity contribution < 1.29 is 0 Å². The van der Waals surface area contributed by atoms with Crippen LogP contribution in [-0.4, -0.2) is 12.6 Å². The Morgan fingerprint density at radius 2 is 1.95 bits per heavy atom. The highest BCUT2D eigenvalue weighted by Gasteiger charge is 2.27. The Bertz CT molecular complexity index is 556. The van der Waals surface area contributed by atoms with Crippen molar-refractivity contribution in [3.8, 4) is 0 Å². The standard InChI is InChI=1S/C17H19ClN2/c18-15-8-4-7-14(11-15)17-16(9-10-19-17)20-12-13-5-2-1-3-6-13/h1-8,11,16-17,19-20H,9-10,12H2/t16-,17-/m0/s1. The molecule has 0 amide bonds. The molecule has 0 bridgehead atoms. The second kappa shape index (κ2) is 6.40. The van der Waals surface area contributed by atoms with Crippen LogP contribution in [0, 0.1) is 0 Å². The van der Waals surface area contributed by atoms with Crippen LogP contribution in [0.15, 0.2) is 54.6 Å². The number of rotatable bonds is 4. The Morgan fingerprint density at radius 1 is 1.10 bits per heavy atom. The molecule has 0 radical (unpaired) electrons. The second-order valence-corrected chi connectivity index (χ2v) is 5.68. The molecule has 20 heavy (non-hydrogen) atoms. The average molecular weight is 287 g/mol. The van der Waals surface area contributed by atoms with Crippen molar-refractivity contribution in [3.05, 3.63) is 70.7 Å². The van der Waals surface area contributed by atoms with E-state index in [1.54, 1.807) is 0 Å². The van der Waals surface area contributed by atoms with Crippen LogP contribution >= 0.6 is 11.6 Å². The summed E-state index contributed by atoms with van der Waals surface area (Å²) in [6.45, 7) is 1.95. The average Bonchev–Trinajstić information content (AvgIpc) is 2.95. The molecule has 104 valence electrons. The highest BCUT2D eigenvalue weighted by molar-refractivity contribution is 6.30. The number of benzene rings is 2. The van der Waals surface area contributed by atoms with Gasteiger partial charge in [0.2, 0.25) is 0 Å². The van der Waals surface area contributed by atoms with Gasteiger partial charge in [0.1, 0.15) is 0 Å². The van der Waals surface area contributed by atoms with E-state index in [0.29, 0.717) is 12.1 Å². The van der Waals surface area contributed by atoms with Gasteiger partial charge in [0, 0.05) is 23.7 Å². The van der Waals surface area contributed by atoms with Crippen molar-refractivity contribution in [1.82, 2.24) is 10.6 Å². The van der Waals surface area contributed by atoms with Gasteiger partial charge in [-0.15, -0.1) is 0 Å². The third kappa shape index (κ3) is 3.21. The lowest BCUT2D eigenvalue weighted by atomic mass is 10.0. The molecule has 0 unspecified atom stereocenters. The molecule has 0 spiro atoms. The molecule has 0 saturated carbocycles. The van der Waals surface area contributed by atoms with Crippen LogP contribution in [0.1, 0.15) is 23.6 Å². The predicted octanol–water partition coefficient (Wildman–Crippen LogP) is 3.53. The van der Waals surface area contributed by atoms with Crippen molar-refractivity contribution in [2.24, 2.45) is 0 Å². The Hall–Kier alpha value is -1.35. The molecule has 1 aliphatic rings. The zero-order valence-electron chi connectivity index (χ0n) is 11.4. The van der Waals surface area contributed by atoms with Crippen molar-refractivity contribution in [2.75, 3.05) is 6.54 Å². The summed E-state index contributed by atoms with van der Waals surface area (Å²) in [5.74, 6) is 0. The van der Waals surface area contributed by atoms with E-state index >= 15 is 0 Å². The minimum Gasteiger partial charge on any atom is -0.309 e. The van der Waals surface area contributed by atoms with Gasteiger partial charge in [-0.1, -0.05) is 54.1 Å². The van der Waals surface area contributed by atoms with Gasteiger partial charge in [-0.3, -0.25) is 0 Å². The summed E-state index contributed by atoms with van der Waals surface area (Å²) < 4.78 is 0. The molecule has 1 fully saturated rings. The van der Waals surface area contributed by atoms with Crippen LogP contribution in [-0.2, 0) is 6.54 Å². The monoisotopic (exact) mass is 286 g/mol. The van der Waals surface area contributed by atoms with E-state index in [2.05, 4.69) is 53.1 Å². The first kappa shape index (κ1) is 13.6. The van der Waals surface area contributed by atoms with Gasteiger partial charge in [-0.25, -0.2) is 0 Å². The molecule has 3 heteroatoms.